The van der Waals surface area contributed by atoms with Gasteiger partial charge < -0.3 is 9.59 Å². The van der Waals surface area contributed by atoms with Gasteiger partial charge in [0.05, 0.1) is 33.8 Å². The second-order valence-corrected chi connectivity index (χ2v) is 4.90. The maximum Gasteiger partial charge on any atom is 0.0845 e. The third kappa shape index (κ3) is 2.61. The van der Waals surface area contributed by atoms with Crippen LogP contribution in [-0.2, 0) is 0 Å². The molecule has 0 bridgehead atoms. The molecule has 0 aromatic heterocycles. The van der Waals surface area contributed by atoms with Crippen LogP contribution in [0.4, 0.5) is 0 Å². The molecule has 0 aliphatic heterocycles. The third-order valence-electron chi connectivity index (χ3n) is 2.33. The summed E-state index contributed by atoms with van der Waals surface area (Å²) in [6, 6.07) is 0. The van der Waals surface area contributed by atoms with Gasteiger partial charge in [-0.2, -0.15) is 0 Å². The van der Waals surface area contributed by atoms with Gasteiger partial charge >= 0.3 is 0 Å². The van der Waals surface area contributed by atoms with Crippen molar-refractivity contribution in [2.45, 2.75) is 19.4 Å². The van der Waals surface area contributed by atoms with E-state index in [9.17, 15) is 5.11 Å². The van der Waals surface area contributed by atoms with E-state index >= 15 is 0 Å². The van der Waals surface area contributed by atoms with Crippen molar-refractivity contribution in [3.8, 4) is 0 Å². The van der Waals surface area contributed by atoms with Gasteiger partial charge in [-0.25, -0.2) is 0 Å². The number of quaternary nitrogens is 1. The first kappa shape index (κ1) is 9.75. The molecule has 0 aromatic carbocycles. The molecule has 12 heavy (non-hydrogen) atoms. The zero-order valence-electron chi connectivity index (χ0n) is 8.54. The number of aliphatic hydroxyl groups excluding tert-OH is 1. The molecule has 0 radical (unpaired) electrons. The van der Waals surface area contributed by atoms with Gasteiger partial charge in [0.15, 0.2) is 0 Å². The Bertz CT molecular complexity index is 191. The predicted molar refractivity (Wildman–Crippen MR) is 50.8 cm³/mol. The van der Waals surface area contributed by atoms with E-state index in [1.54, 1.807) is 0 Å². The summed E-state index contributed by atoms with van der Waals surface area (Å²) in [6.45, 7) is 3.13. The molecular weight excluding hydrogens is 150 g/mol. The Kier molecular flexibility index (Phi) is 2.59. The summed E-state index contributed by atoms with van der Waals surface area (Å²) in [5.74, 6) is 0.569. The van der Waals surface area contributed by atoms with Gasteiger partial charge in [0.25, 0.3) is 0 Å². The van der Waals surface area contributed by atoms with Crippen LogP contribution in [0.5, 0.6) is 0 Å². The lowest BCUT2D eigenvalue weighted by Gasteiger charge is -2.26. The fourth-order valence-electron chi connectivity index (χ4n) is 1.85. The molecule has 0 aromatic rings. The minimum absolute atomic E-state index is 0.179. The summed E-state index contributed by atoms with van der Waals surface area (Å²) in [5.41, 5.74) is 1.15. The van der Waals surface area contributed by atoms with E-state index in [-0.39, 0.29) is 6.10 Å². The molecule has 0 amide bonds. The number of rotatable bonds is 2. The average molecular weight is 170 g/mol. The summed E-state index contributed by atoms with van der Waals surface area (Å²) in [7, 11) is 6.57. The smallest absolute Gasteiger partial charge is 0.0845 e. The molecule has 2 nitrogen and oxygen atoms in total. The molecule has 70 valence electrons. The summed E-state index contributed by atoms with van der Waals surface area (Å²) in [6.07, 6.45) is 2.96. The fourth-order valence-corrected chi connectivity index (χ4v) is 1.85. The fraction of sp³-hybridized carbons (Fsp3) is 0.800. The molecule has 0 heterocycles. The van der Waals surface area contributed by atoms with Gasteiger partial charge in [0.1, 0.15) is 0 Å². The van der Waals surface area contributed by atoms with Gasteiger partial charge in [-0.3, -0.25) is 0 Å². The van der Waals surface area contributed by atoms with Crippen LogP contribution in [0.1, 0.15) is 13.3 Å². The van der Waals surface area contributed by atoms with Crippen LogP contribution in [0.2, 0.25) is 0 Å². The minimum atomic E-state index is -0.179. The lowest BCUT2D eigenvalue weighted by atomic mass is 10.1. The van der Waals surface area contributed by atoms with Crippen molar-refractivity contribution in [2.75, 3.05) is 27.7 Å². The molecule has 1 N–H and O–H groups in total. The maximum absolute atomic E-state index is 9.49. The first-order valence-corrected chi connectivity index (χ1v) is 4.55. The second kappa shape index (κ2) is 3.19. The highest BCUT2D eigenvalue weighted by atomic mass is 16.3. The van der Waals surface area contributed by atoms with Crippen LogP contribution < -0.4 is 0 Å². The molecule has 2 atom stereocenters. The highest BCUT2D eigenvalue weighted by molar-refractivity contribution is 5.14. The molecule has 0 unspecified atom stereocenters. The standard InChI is InChI=1S/C10H20NO/c1-8-5-9(6-10(8)12)7-11(2,3)4/h5,9-10,12H,6-7H2,1-4H3/q+1/t9-,10-/m0/s1. The lowest BCUT2D eigenvalue weighted by molar-refractivity contribution is -0.873. The molecule has 0 spiro atoms. The number of hydrogen-bond donors (Lipinski definition) is 1. The Morgan fingerprint density at radius 1 is 1.50 bits per heavy atom. The van der Waals surface area contributed by atoms with Gasteiger partial charge in [-0.15, -0.1) is 0 Å². The van der Waals surface area contributed by atoms with Gasteiger partial charge in [-0.1, -0.05) is 6.08 Å². The van der Waals surface area contributed by atoms with E-state index in [4.69, 9.17) is 0 Å². The second-order valence-electron chi connectivity index (χ2n) is 4.90. The Morgan fingerprint density at radius 3 is 2.42 bits per heavy atom. The first-order valence-electron chi connectivity index (χ1n) is 4.55. The Balaban J connectivity index is 2.48. The van der Waals surface area contributed by atoms with E-state index in [1.165, 1.54) is 0 Å². The Labute approximate surface area is 75.1 Å². The summed E-state index contributed by atoms with van der Waals surface area (Å²) >= 11 is 0. The van der Waals surface area contributed by atoms with Crippen molar-refractivity contribution >= 4 is 0 Å². The topological polar surface area (TPSA) is 20.2 Å². The third-order valence-corrected chi connectivity index (χ3v) is 2.33. The van der Waals surface area contributed by atoms with E-state index in [0.29, 0.717) is 5.92 Å². The zero-order valence-corrected chi connectivity index (χ0v) is 8.54. The zero-order chi connectivity index (χ0) is 9.35. The van der Waals surface area contributed by atoms with Crippen molar-refractivity contribution < 1.29 is 9.59 Å². The van der Waals surface area contributed by atoms with E-state index < -0.39 is 0 Å². The SMILES string of the molecule is CC1=C[C@H](C[N+](C)(C)C)C[C@@H]1O. The largest absolute Gasteiger partial charge is 0.389 e. The summed E-state index contributed by atoms with van der Waals surface area (Å²) < 4.78 is 0.973. The van der Waals surface area contributed by atoms with Crippen molar-refractivity contribution in [1.82, 2.24) is 0 Å². The number of aliphatic hydroxyl groups is 1. The van der Waals surface area contributed by atoms with Crippen molar-refractivity contribution in [3.63, 3.8) is 0 Å². The minimum Gasteiger partial charge on any atom is -0.389 e. The van der Waals surface area contributed by atoms with Gasteiger partial charge in [0.2, 0.25) is 0 Å². The van der Waals surface area contributed by atoms with Crippen molar-refractivity contribution in [1.29, 1.82) is 0 Å². The van der Waals surface area contributed by atoms with Gasteiger partial charge in [0, 0.05) is 5.92 Å². The van der Waals surface area contributed by atoms with Crippen molar-refractivity contribution in [2.24, 2.45) is 5.92 Å². The number of hydrogen-bond acceptors (Lipinski definition) is 1. The molecule has 0 fully saturated rings. The van der Waals surface area contributed by atoms with E-state index in [2.05, 4.69) is 27.2 Å². The molecule has 1 aliphatic carbocycles. The Morgan fingerprint density at radius 2 is 2.08 bits per heavy atom. The molecule has 1 aliphatic rings. The molecule has 0 saturated heterocycles. The van der Waals surface area contributed by atoms with Crippen molar-refractivity contribution in [3.05, 3.63) is 11.6 Å². The summed E-state index contributed by atoms with van der Waals surface area (Å²) in [5, 5.41) is 9.49. The first-order chi connectivity index (χ1) is 5.38. The van der Waals surface area contributed by atoms with Crippen LogP contribution in [0.25, 0.3) is 0 Å². The quantitative estimate of drug-likeness (QED) is 0.484. The summed E-state index contributed by atoms with van der Waals surface area (Å²) in [4.78, 5) is 0. The highest BCUT2D eigenvalue weighted by Gasteiger charge is 2.25. The van der Waals surface area contributed by atoms with E-state index in [0.717, 1.165) is 23.0 Å². The molecular formula is C10H20NO+. The maximum atomic E-state index is 9.49. The van der Waals surface area contributed by atoms with Gasteiger partial charge in [-0.05, 0) is 18.9 Å². The van der Waals surface area contributed by atoms with Crippen LogP contribution in [-0.4, -0.2) is 43.4 Å². The lowest BCUT2D eigenvalue weighted by Crippen LogP contribution is -2.38. The van der Waals surface area contributed by atoms with E-state index in [1.807, 2.05) is 6.92 Å². The predicted octanol–water partition coefficient (Wildman–Crippen LogP) is 1.02. The molecule has 2 heteroatoms. The van der Waals surface area contributed by atoms with Crippen LogP contribution >= 0.6 is 0 Å². The van der Waals surface area contributed by atoms with Crippen LogP contribution in [0, 0.1) is 5.92 Å². The van der Waals surface area contributed by atoms with Crippen LogP contribution in [0.3, 0.4) is 0 Å². The average Bonchev–Trinajstić information content (AvgIpc) is 2.07. The normalized spacial score (nSPS) is 30.6. The monoisotopic (exact) mass is 170 g/mol. The molecule has 0 saturated carbocycles. The van der Waals surface area contributed by atoms with Crippen LogP contribution in [0.15, 0.2) is 11.6 Å². The Hall–Kier alpha value is -0.340. The number of nitrogens with zero attached hydrogens (tertiary/aromatic N) is 1. The highest BCUT2D eigenvalue weighted by Crippen LogP contribution is 2.25. The molecule has 1 rings (SSSR count).